The molecule has 0 spiro atoms. The number of thiazole rings is 1. The van der Waals surface area contributed by atoms with E-state index in [0.717, 1.165) is 36.4 Å². The van der Waals surface area contributed by atoms with Gasteiger partial charge in [0.05, 0.1) is 12.8 Å². The van der Waals surface area contributed by atoms with Crippen LogP contribution in [0.25, 0.3) is 11.3 Å². The van der Waals surface area contributed by atoms with Gasteiger partial charge >= 0.3 is 4.87 Å². The Morgan fingerprint density at radius 3 is 2.63 bits per heavy atom. The average molecular weight is 278 g/mol. The molecule has 5 heteroatoms. The lowest BCUT2D eigenvalue weighted by molar-refractivity contribution is 0.415. The molecule has 4 nitrogen and oxygen atoms in total. The van der Waals surface area contributed by atoms with Gasteiger partial charge in [-0.1, -0.05) is 11.3 Å². The van der Waals surface area contributed by atoms with Gasteiger partial charge < -0.3 is 10.5 Å². The van der Waals surface area contributed by atoms with Crippen LogP contribution < -0.4 is 15.3 Å². The van der Waals surface area contributed by atoms with E-state index in [1.807, 2.05) is 34.2 Å². The quantitative estimate of drug-likeness (QED) is 0.825. The molecule has 2 rings (SSSR count). The Morgan fingerprint density at radius 2 is 2.00 bits per heavy atom. The molecular formula is C14H18N2O2S. The molecule has 0 amide bonds. The number of aromatic nitrogens is 1. The molecular weight excluding hydrogens is 260 g/mol. The summed E-state index contributed by atoms with van der Waals surface area (Å²) in [6.45, 7) is 1.39. The minimum absolute atomic E-state index is 0.0860. The second-order valence-electron chi connectivity index (χ2n) is 4.26. The third-order valence-electron chi connectivity index (χ3n) is 3.00. The molecule has 0 aliphatic heterocycles. The van der Waals surface area contributed by atoms with Crippen molar-refractivity contribution in [2.75, 3.05) is 13.7 Å². The van der Waals surface area contributed by atoms with Crippen LogP contribution in [0.3, 0.4) is 0 Å². The van der Waals surface area contributed by atoms with Crippen molar-refractivity contribution in [1.82, 2.24) is 4.57 Å². The molecule has 0 saturated carbocycles. The lowest BCUT2D eigenvalue weighted by Gasteiger charge is -2.08. The number of rotatable bonds is 6. The first kappa shape index (κ1) is 13.8. The van der Waals surface area contributed by atoms with Gasteiger partial charge in [0.15, 0.2) is 0 Å². The van der Waals surface area contributed by atoms with Gasteiger partial charge in [0.2, 0.25) is 0 Å². The summed E-state index contributed by atoms with van der Waals surface area (Å²) in [5.41, 5.74) is 7.49. The number of hydrogen-bond acceptors (Lipinski definition) is 4. The molecule has 1 aromatic heterocycles. The predicted molar refractivity (Wildman–Crippen MR) is 78.9 cm³/mol. The fourth-order valence-electron chi connectivity index (χ4n) is 1.94. The molecule has 0 bridgehead atoms. The summed E-state index contributed by atoms with van der Waals surface area (Å²) in [7, 11) is 1.64. The maximum atomic E-state index is 11.9. The summed E-state index contributed by atoms with van der Waals surface area (Å²) in [5.74, 6) is 0.816. The number of benzene rings is 1. The zero-order valence-electron chi connectivity index (χ0n) is 11.0. The molecule has 0 unspecified atom stereocenters. The molecule has 1 heterocycles. The Labute approximate surface area is 116 Å². The molecule has 0 aliphatic carbocycles. The van der Waals surface area contributed by atoms with Gasteiger partial charge in [-0.15, -0.1) is 0 Å². The van der Waals surface area contributed by atoms with Crippen molar-refractivity contribution < 1.29 is 4.74 Å². The topological polar surface area (TPSA) is 57.2 Å². The molecule has 19 heavy (non-hydrogen) atoms. The monoisotopic (exact) mass is 278 g/mol. The van der Waals surface area contributed by atoms with Crippen LogP contribution in [0.15, 0.2) is 34.4 Å². The summed E-state index contributed by atoms with van der Waals surface area (Å²) in [4.78, 5) is 11.9. The Hall–Kier alpha value is -1.59. The maximum absolute atomic E-state index is 11.9. The molecule has 102 valence electrons. The number of nitrogens with two attached hydrogens (primary N) is 1. The van der Waals surface area contributed by atoms with Gasteiger partial charge in [-0.3, -0.25) is 9.36 Å². The zero-order chi connectivity index (χ0) is 13.7. The number of methoxy groups -OCH3 is 1. The fourth-order valence-corrected chi connectivity index (χ4v) is 2.74. The molecule has 0 radical (unpaired) electrons. The standard InChI is InChI=1S/C14H18N2O2S/c1-18-12-6-4-11(5-7-12)13-10-19-14(17)16(13)9-3-2-8-15/h4-7,10H,2-3,8-9,15H2,1H3. The van der Waals surface area contributed by atoms with E-state index in [0.29, 0.717) is 6.54 Å². The van der Waals surface area contributed by atoms with E-state index < -0.39 is 0 Å². The lowest BCUT2D eigenvalue weighted by atomic mass is 10.1. The summed E-state index contributed by atoms with van der Waals surface area (Å²) >= 11 is 1.24. The van der Waals surface area contributed by atoms with E-state index >= 15 is 0 Å². The second kappa shape index (κ2) is 6.54. The highest BCUT2D eigenvalue weighted by molar-refractivity contribution is 7.07. The first-order chi connectivity index (χ1) is 9.26. The highest BCUT2D eigenvalue weighted by Crippen LogP contribution is 2.23. The van der Waals surface area contributed by atoms with Crippen LogP contribution in [-0.2, 0) is 6.54 Å². The van der Waals surface area contributed by atoms with Crippen molar-refractivity contribution in [2.24, 2.45) is 5.73 Å². The van der Waals surface area contributed by atoms with Gasteiger partial charge in [-0.25, -0.2) is 0 Å². The van der Waals surface area contributed by atoms with Crippen molar-refractivity contribution in [1.29, 1.82) is 0 Å². The molecule has 0 aliphatic rings. The first-order valence-corrected chi connectivity index (χ1v) is 7.17. The third kappa shape index (κ3) is 3.24. The number of ether oxygens (including phenoxy) is 1. The van der Waals surface area contributed by atoms with E-state index in [1.165, 1.54) is 11.3 Å². The van der Waals surface area contributed by atoms with E-state index in [2.05, 4.69) is 0 Å². The number of hydrogen-bond donors (Lipinski definition) is 1. The van der Waals surface area contributed by atoms with Crippen molar-refractivity contribution in [3.05, 3.63) is 39.3 Å². The largest absolute Gasteiger partial charge is 0.497 e. The zero-order valence-corrected chi connectivity index (χ0v) is 11.8. The van der Waals surface area contributed by atoms with E-state index in [-0.39, 0.29) is 4.87 Å². The summed E-state index contributed by atoms with van der Waals surface area (Å²) < 4.78 is 6.96. The molecule has 2 N–H and O–H groups in total. The molecule has 0 atom stereocenters. The van der Waals surface area contributed by atoms with Gasteiger partial charge in [-0.2, -0.15) is 0 Å². The number of nitrogens with zero attached hydrogens (tertiary/aromatic N) is 1. The van der Waals surface area contributed by atoms with Crippen molar-refractivity contribution >= 4 is 11.3 Å². The van der Waals surface area contributed by atoms with Gasteiger partial charge in [-0.05, 0) is 49.2 Å². The fraction of sp³-hybridized carbons (Fsp3) is 0.357. The molecule has 2 aromatic rings. The molecule has 0 saturated heterocycles. The van der Waals surface area contributed by atoms with E-state index in [1.54, 1.807) is 7.11 Å². The summed E-state index contributed by atoms with van der Waals surface area (Å²) in [6.07, 6.45) is 1.86. The smallest absolute Gasteiger partial charge is 0.307 e. The van der Waals surface area contributed by atoms with Crippen LogP contribution in [0.1, 0.15) is 12.8 Å². The molecule has 1 aromatic carbocycles. The van der Waals surface area contributed by atoms with E-state index in [9.17, 15) is 4.79 Å². The SMILES string of the molecule is COc1ccc(-c2csc(=O)n2CCCCN)cc1. The van der Waals surface area contributed by atoms with Crippen LogP contribution in [0.2, 0.25) is 0 Å². The maximum Gasteiger partial charge on any atom is 0.307 e. The summed E-state index contributed by atoms with van der Waals surface area (Å²) in [6, 6.07) is 7.75. The first-order valence-electron chi connectivity index (χ1n) is 6.29. The second-order valence-corrected chi connectivity index (χ2v) is 5.08. The van der Waals surface area contributed by atoms with Crippen LogP contribution >= 0.6 is 11.3 Å². The van der Waals surface area contributed by atoms with Gasteiger partial charge in [0, 0.05) is 11.9 Å². The van der Waals surface area contributed by atoms with Gasteiger partial charge in [0.1, 0.15) is 5.75 Å². The van der Waals surface area contributed by atoms with Crippen molar-refractivity contribution in [2.45, 2.75) is 19.4 Å². The summed E-state index contributed by atoms with van der Waals surface area (Å²) in [5, 5.41) is 1.91. The lowest BCUT2D eigenvalue weighted by Crippen LogP contribution is -2.15. The number of unbranched alkanes of at least 4 members (excludes halogenated alkanes) is 1. The van der Waals surface area contributed by atoms with Crippen LogP contribution in [0, 0.1) is 0 Å². The van der Waals surface area contributed by atoms with Crippen LogP contribution in [0.4, 0.5) is 0 Å². The Morgan fingerprint density at radius 1 is 1.26 bits per heavy atom. The van der Waals surface area contributed by atoms with Crippen molar-refractivity contribution in [3.8, 4) is 17.0 Å². The minimum Gasteiger partial charge on any atom is -0.497 e. The molecule has 0 fully saturated rings. The third-order valence-corrected chi connectivity index (χ3v) is 3.77. The van der Waals surface area contributed by atoms with Crippen LogP contribution in [-0.4, -0.2) is 18.2 Å². The predicted octanol–water partition coefficient (Wildman–Crippen LogP) is 2.32. The Bertz CT molecular complexity index is 572. The minimum atomic E-state index is 0.0860. The van der Waals surface area contributed by atoms with Crippen molar-refractivity contribution in [3.63, 3.8) is 0 Å². The Balaban J connectivity index is 2.25. The highest BCUT2D eigenvalue weighted by atomic mass is 32.1. The van der Waals surface area contributed by atoms with Crippen LogP contribution in [0.5, 0.6) is 5.75 Å². The van der Waals surface area contributed by atoms with E-state index in [4.69, 9.17) is 10.5 Å². The Kier molecular flexibility index (Phi) is 4.76. The van der Waals surface area contributed by atoms with Gasteiger partial charge in [0.25, 0.3) is 0 Å². The normalized spacial score (nSPS) is 10.6. The average Bonchev–Trinajstić information content (AvgIpc) is 2.81. The highest BCUT2D eigenvalue weighted by Gasteiger charge is 2.08.